The molecule has 0 fully saturated rings. The standard InChI is InChI=1S/C17H16F3N5O2/c1-11-2-7-15-22-13(10-25(15)9-11)8-21-16(26)24-23-12-3-5-14(6-4-12)27-17(18,19)20/h2-7,9-10,23H,8H2,1H3,(H2,21,24,26). The number of fused-ring (bicyclic) bond motifs is 1. The van der Waals surface area contributed by atoms with Crippen molar-refractivity contribution in [1.29, 1.82) is 0 Å². The Labute approximate surface area is 152 Å². The molecule has 10 heteroatoms. The molecule has 27 heavy (non-hydrogen) atoms. The van der Waals surface area contributed by atoms with Gasteiger partial charge in [0.1, 0.15) is 11.4 Å². The number of carbonyl (C=O) groups excluding carboxylic acids is 1. The number of hydrogen-bond acceptors (Lipinski definition) is 4. The second-order valence-electron chi connectivity index (χ2n) is 5.71. The summed E-state index contributed by atoms with van der Waals surface area (Å²) in [5.41, 5.74) is 7.90. The van der Waals surface area contributed by atoms with E-state index in [4.69, 9.17) is 0 Å². The minimum atomic E-state index is -4.75. The number of benzene rings is 1. The third kappa shape index (κ3) is 5.27. The smallest absolute Gasteiger partial charge is 0.406 e. The third-order valence-corrected chi connectivity index (χ3v) is 3.49. The number of hydrazine groups is 1. The quantitative estimate of drug-likeness (QED) is 0.594. The number of nitrogens with one attached hydrogen (secondary N) is 3. The fourth-order valence-corrected chi connectivity index (χ4v) is 2.32. The van der Waals surface area contributed by atoms with E-state index in [9.17, 15) is 18.0 Å². The van der Waals surface area contributed by atoms with E-state index in [-0.39, 0.29) is 12.3 Å². The molecule has 2 aromatic heterocycles. The number of aryl methyl sites for hydroxylation is 1. The van der Waals surface area contributed by atoms with E-state index in [0.29, 0.717) is 11.4 Å². The Morgan fingerprint density at radius 3 is 2.59 bits per heavy atom. The van der Waals surface area contributed by atoms with Crippen LogP contribution in [-0.2, 0) is 6.54 Å². The van der Waals surface area contributed by atoms with Gasteiger partial charge in [0.2, 0.25) is 0 Å². The summed E-state index contributed by atoms with van der Waals surface area (Å²) in [5.74, 6) is -0.348. The zero-order valence-corrected chi connectivity index (χ0v) is 14.2. The summed E-state index contributed by atoms with van der Waals surface area (Å²) in [5, 5.41) is 2.63. The van der Waals surface area contributed by atoms with Crippen LogP contribution in [0.2, 0.25) is 0 Å². The summed E-state index contributed by atoms with van der Waals surface area (Å²) in [7, 11) is 0. The largest absolute Gasteiger partial charge is 0.573 e. The Kier molecular flexibility index (Phi) is 5.06. The number of alkyl halides is 3. The van der Waals surface area contributed by atoms with Crippen molar-refractivity contribution in [1.82, 2.24) is 20.1 Å². The molecule has 0 aliphatic rings. The van der Waals surface area contributed by atoms with Gasteiger partial charge < -0.3 is 14.5 Å². The molecular formula is C17H16F3N5O2. The van der Waals surface area contributed by atoms with E-state index >= 15 is 0 Å². The van der Waals surface area contributed by atoms with Gasteiger partial charge in [-0.2, -0.15) is 0 Å². The first-order valence-corrected chi connectivity index (χ1v) is 7.88. The lowest BCUT2D eigenvalue weighted by atomic mass is 10.3. The highest BCUT2D eigenvalue weighted by molar-refractivity contribution is 5.75. The number of pyridine rings is 1. The first-order chi connectivity index (χ1) is 12.8. The average molecular weight is 379 g/mol. The summed E-state index contributed by atoms with van der Waals surface area (Å²) >= 11 is 0. The molecule has 0 saturated heterocycles. The van der Waals surface area contributed by atoms with Crippen LogP contribution in [0, 0.1) is 6.92 Å². The van der Waals surface area contributed by atoms with Gasteiger partial charge in [0, 0.05) is 12.4 Å². The molecule has 0 bridgehead atoms. The number of nitrogens with zero attached hydrogens (tertiary/aromatic N) is 2. The number of carbonyl (C=O) groups is 1. The molecule has 0 unspecified atom stereocenters. The van der Waals surface area contributed by atoms with Gasteiger partial charge in [0.25, 0.3) is 0 Å². The molecule has 2 amide bonds. The summed E-state index contributed by atoms with van der Waals surface area (Å²) in [4.78, 5) is 16.2. The average Bonchev–Trinajstić information content (AvgIpc) is 3.00. The number of urea groups is 1. The SMILES string of the molecule is Cc1ccc2nc(CNC(=O)NNc3ccc(OC(F)(F)F)cc3)cn2c1. The summed E-state index contributed by atoms with van der Waals surface area (Å²) < 4.78 is 41.9. The minimum absolute atomic E-state index is 0.215. The fourth-order valence-electron chi connectivity index (χ4n) is 2.32. The maximum Gasteiger partial charge on any atom is 0.573 e. The highest BCUT2D eigenvalue weighted by Crippen LogP contribution is 2.23. The van der Waals surface area contributed by atoms with Crippen molar-refractivity contribution in [3.63, 3.8) is 0 Å². The lowest BCUT2D eigenvalue weighted by Gasteiger charge is -2.11. The number of amides is 2. The summed E-state index contributed by atoms with van der Waals surface area (Å²) in [6.07, 6.45) is -1.00. The molecule has 3 aromatic rings. The number of hydrogen-bond donors (Lipinski definition) is 3. The molecule has 0 aliphatic carbocycles. The van der Waals surface area contributed by atoms with E-state index in [2.05, 4.69) is 25.9 Å². The summed E-state index contributed by atoms with van der Waals surface area (Å²) in [6, 6.07) is 8.26. The van der Waals surface area contributed by atoms with Crippen molar-refractivity contribution in [3.05, 3.63) is 60.0 Å². The van der Waals surface area contributed by atoms with Gasteiger partial charge in [-0.15, -0.1) is 13.2 Å². The van der Waals surface area contributed by atoms with Crippen molar-refractivity contribution < 1.29 is 22.7 Å². The van der Waals surface area contributed by atoms with Crippen LogP contribution >= 0.6 is 0 Å². The molecule has 0 atom stereocenters. The monoisotopic (exact) mass is 379 g/mol. The second-order valence-corrected chi connectivity index (χ2v) is 5.71. The van der Waals surface area contributed by atoms with Gasteiger partial charge in [-0.3, -0.25) is 10.9 Å². The van der Waals surface area contributed by atoms with Crippen LogP contribution in [0.5, 0.6) is 5.75 Å². The van der Waals surface area contributed by atoms with Crippen molar-refractivity contribution >= 4 is 17.4 Å². The van der Waals surface area contributed by atoms with Gasteiger partial charge in [0.15, 0.2) is 0 Å². The highest BCUT2D eigenvalue weighted by atomic mass is 19.4. The Morgan fingerprint density at radius 1 is 1.15 bits per heavy atom. The number of halogens is 3. The number of imidazole rings is 1. The number of rotatable bonds is 5. The van der Waals surface area contributed by atoms with Gasteiger partial charge in [-0.25, -0.2) is 9.78 Å². The molecule has 2 heterocycles. The highest BCUT2D eigenvalue weighted by Gasteiger charge is 2.30. The Hall–Kier alpha value is -3.43. The topological polar surface area (TPSA) is 79.7 Å². The van der Waals surface area contributed by atoms with Gasteiger partial charge in [-0.1, -0.05) is 6.07 Å². The molecule has 0 aliphatic heterocycles. The molecule has 0 spiro atoms. The lowest BCUT2D eigenvalue weighted by Crippen LogP contribution is -2.38. The Morgan fingerprint density at radius 2 is 1.89 bits per heavy atom. The van der Waals surface area contributed by atoms with Crippen LogP contribution in [0.1, 0.15) is 11.3 Å². The van der Waals surface area contributed by atoms with Crippen LogP contribution in [0.15, 0.2) is 48.8 Å². The Balaban J connectivity index is 1.47. The fraction of sp³-hybridized carbons (Fsp3) is 0.176. The molecule has 7 nitrogen and oxygen atoms in total. The molecule has 1 aromatic carbocycles. The van der Waals surface area contributed by atoms with E-state index < -0.39 is 12.4 Å². The minimum Gasteiger partial charge on any atom is -0.406 e. The van der Waals surface area contributed by atoms with E-state index in [1.54, 1.807) is 0 Å². The molecule has 3 rings (SSSR count). The van der Waals surface area contributed by atoms with Gasteiger partial charge in [0.05, 0.1) is 17.9 Å². The maximum absolute atomic E-state index is 12.1. The molecule has 0 saturated carbocycles. The predicted molar refractivity (Wildman–Crippen MR) is 92.0 cm³/mol. The molecule has 3 N–H and O–H groups in total. The molecule has 142 valence electrons. The lowest BCUT2D eigenvalue weighted by molar-refractivity contribution is -0.274. The number of ether oxygens (including phenoxy) is 1. The van der Waals surface area contributed by atoms with Crippen LogP contribution in [0.3, 0.4) is 0 Å². The number of anilines is 1. The van der Waals surface area contributed by atoms with Crippen molar-refractivity contribution in [2.75, 3.05) is 5.43 Å². The molecular weight excluding hydrogens is 363 g/mol. The first kappa shape index (κ1) is 18.4. The first-order valence-electron chi connectivity index (χ1n) is 7.88. The van der Waals surface area contributed by atoms with E-state index in [1.165, 1.54) is 12.1 Å². The zero-order chi connectivity index (χ0) is 19.4. The maximum atomic E-state index is 12.1. The zero-order valence-electron chi connectivity index (χ0n) is 14.2. The van der Waals surface area contributed by atoms with Crippen LogP contribution < -0.4 is 20.9 Å². The van der Waals surface area contributed by atoms with Gasteiger partial charge >= 0.3 is 12.4 Å². The normalized spacial score (nSPS) is 11.3. The number of aromatic nitrogens is 2. The van der Waals surface area contributed by atoms with Crippen molar-refractivity contribution in [2.24, 2.45) is 0 Å². The third-order valence-electron chi connectivity index (χ3n) is 3.49. The van der Waals surface area contributed by atoms with Gasteiger partial charge in [-0.05, 0) is 42.8 Å². The van der Waals surface area contributed by atoms with Crippen LogP contribution in [0.25, 0.3) is 5.65 Å². The van der Waals surface area contributed by atoms with Crippen molar-refractivity contribution in [2.45, 2.75) is 19.8 Å². The van der Waals surface area contributed by atoms with Crippen LogP contribution in [0.4, 0.5) is 23.7 Å². The van der Waals surface area contributed by atoms with E-state index in [0.717, 1.165) is 23.3 Å². The predicted octanol–water partition coefficient (Wildman–Crippen LogP) is 3.37. The van der Waals surface area contributed by atoms with E-state index in [1.807, 2.05) is 35.9 Å². The Bertz CT molecular complexity index is 938. The second kappa shape index (κ2) is 7.44. The summed E-state index contributed by atoms with van der Waals surface area (Å²) in [6.45, 7) is 2.19. The van der Waals surface area contributed by atoms with Crippen molar-refractivity contribution in [3.8, 4) is 5.75 Å². The van der Waals surface area contributed by atoms with Crippen LogP contribution in [-0.4, -0.2) is 21.8 Å². The molecule has 0 radical (unpaired) electrons.